The second-order valence-electron chi connectivity index (χ2n) is 5.38. The molecule has 0 bridgehead atoms. The second kappa shape index (κ2) is 4.61. The Morgan fingerprint density at radius 2 is 2.26 bits per heavy atom. The molecule has 6 heteroatoms. The molecule has 0 aromatic carbocycles. The topological polar surface area (TPSA) is 57.8 Å². The monoisotopic (exact) mass is 279 g/mol. The third-order valence-corrected chi connectivity index (χ3v) is 4.44. The first kappa shape index (κ1) is 12.6. The molecule has 2 aromatic rings. The van der Waals surface area contributed by atoms with Crippen LogP contribution in [0.25, 0.3) is 4.96 Å². The van der Waals surface area contributed by atoms with Crippen molar-refractivity contribution in [1.82, 2.24) is 14.3 Å². The van der Waals surface area contributed by atoms with Crippen molar-refractivity contribution in [2.75, 3.05) is 13.1 Å². The normalized spacial score (nSPS) is 18.9. The van der Waals surface area contributed by atoms with Crippen LogP contribution in [-0.2, 0) is 11.2 Å². The number of fused-ring (bicyclic) bond motifs is 1. The maximum atomic E-state index is 12.2. The summed E-state index contributed by atoms with van der Waals surface area (Å²) in [6, 6.07) is 0. The van der Waals surface area contributed by atoms with Crippen LogP contribution >= 0.6 is 11.3 Å². The molecular weight excluding hydrogens is 262 g/mol. The molecule has 3 rings (SSSR count). The Morgan fingerprint density at radius 3 is 2.95 bits per heavy atom. The summed E-state index contributed by atoms with van der Waals surface area (Å²) in [5.41, 5.74) is 0.197. The molecule has 5 nitrogen and oxygen atoms in total. The highest BCUT2D eigenvalue weighted by molar-refractivity contribution is 7.15. The van der Waals surface area contributed by atoms with E-state index in [0.29, 0.717) is 32.4 Å². The van der Waals surface area contributed by atoms with Gasteiger partial charge in [0, 0.05) is 30.9 Å². The lowest BCUT2D eigenvalue weighted by molar-refractivity contribution is -0.134. The van der Waals surface area contributed by atoms with E-state index in [-0.39, 0.29) is 5.91 Å². The number of hydrogen-bond donors (Lipinski definition) is 1. The maximum Gasteiger partial charge on any atom is 0.228 e. The number of thiazole rings is 1. The molecule has 0 atom stereocenters. The summed E-state index contributed by atoms with van der Waals surface area (Å²) in [4.78, 5) is 19.3. The zero-order valence-corrected chi connectivity index (χ0v) is 11.7. The molecular formula is C13H17N3O2S. The SMILES string of the molecule is CC1(O)CCN(C(=O)Cc2cn3ccsc3n2)CC1. The number of aromatic nitrogens is 2. The van der Waals surface area contributed by atoms with Crippen LogP contribution in [0.4, 0.5) is 0 Å². The molecule has 1 aliphatic rings. The molecule has 3 heterocycles. The highest BCUT2D eigenvalue weighted by atomic mass is 32.1. The lowest BCUT2D eigenvalue weighted by Gasteiger charge is -2.35. The van der Waals surface area contributed by atoms with Crippen molar-refractivity contribution in [2.24, 2.45) is 0 Å². The van der Waals surface area contributed by atoms with E-state index in [2.05, 4.69) is 4.98 Å². The molecule has 0 radical (unpaired) electrons. The van der Waals surface area contributed by atoms with Crippen molar-refractivity contribution in [1.29, 1.82) is 0 Å². The van der Waals surface area contributed by atoms with Gasteiger partial charge in [0.25, 0.3) is 0 Å². The minimum absolute atomic E-state index is 0.0984. The van der Waals surface area contributed by atoms with Gasteiger partial charge in [0.15, 0.2) is 4.96 Å². The predicted octanol–water partition coefficient (Wildman–Crippen LogP) is 1.31. The van der Waals surface area contributed by atoms with Crippen LogP contribution in [0.3, 0.4) is 0 Å². The van der Waals surface area contributed by atoms with Crippen molar-refractivity contribution in [2.45, 2.75) is 31.8 Å². The Kier molecular flexibility index (Phi) is 3.06. The van der Waals surface area contributed by atoms with Crippen LogP contribution in [0.2, 0.25) is 0 Å². The van der Waals surface area contributed by atoms with Crippen molar-refractivity contribution >= 4 is 22.2 Å². The molecule has 1 saturated heterocycles. The second-order valence-corrected chi connectivity index (χ2v) is 6.25. The third-order valence-electron chi connectivity index (χ3n) is 3.67. The largest absolute Gasteiger partial charge is 0.390 e. The van der Waals surface area contributed by atoms with Gasteiger partial charge < -0.3 is 10.0 Å². The fraction of sp³-hybridized carbons (Fsp3) is 0.538. The average molecular weight is 279 g/mol. The number of rotatable bonds is 2. The van der Waals surface area contributed by atoms with Gasteiger partial charge in [-0.1, -0.05) is 0 Å². The summed E-state index contributed by atoms with van der Waals surface area (Å²) in [6.07, 6.45) is 5.49. The Labute approximate surface area is 115 Å². The fourth-order valence-corrected chi connectivity index (χ4v) is 3.08. The number of carbonyl (C=O) groups excluding carboxylic acids is 1. The van der Waals surface area contributed by atoms with Crippen LogP contribution in [-0.4, -0.2) is 44.0 Å². The molecule has 1 amide bonds. The number of likely N-dealkylation sites (tertiary alicyclic amines) is 1. The predicted molar refractivity (Wildman–Crippen MR) is 73.2 cm³/mol. The molecule has 2 aromatic heterocycles. The van der Waals surface area contributed by atoms with E-state index in [4.69, 9.17) is 0 Å². The number of amides is 1. The Bertz CT molecular complexity index is 563. The smallest absolute Gasteiger partial charge is 0.228 e. The molecule has 19 heavy (non-hydrogen) atoms. The molecule has 102 valence electrons. The zero-order chi connectivity index (χ0) is 13.5. The highest BCUT2D eigenvalue weighted by Crippen LogP contribution is 2.21. The molecule has 1 fully saturated rings. The Hall–Kier alpha value is -1.40. The van der Waals surface area contributed by atoms with E-state index in [1.54, 1.807) is 11.3 Å². The van der Waals surface area contributed by atoms with Crippen LogP contribution in [0.1, 0.15) is 25.5 Å². The molecule has 1 aliphatic heterocycles. The van der Waals surface area contributed by atoms with Gasteiger partial charge in [-0.15, -0.1) is 11.3 Å². The van der Waals surface area contributed by atoms with E-state index in [1.165, 1.54) is 0 Å². The summed E-state index contributed by atoms with van der Waals surface area (Å²) in [5.74, 6) is 0.0984. The van der Waals surface area contributed by atoms with Crippen LogP contribution in [0, 0.1) is 0 Å². The van der Waals surface area contributed by atoms with Crippen LogP contribution < -0.4 is 0 Å². The average Bonchev–Trinajstić information content (AvgIpc) is 2.89. The molecule has 0 aliphatic carbocycles. The van der Waals surface area contributed by atoms with E-state index >= 15 is 0 Å². The summed E-state index contributed by atoms with van der Waals surface area (Å²) < 4.78 is 1.94. The quantitative estimate of drug-likeness (QED) is 0.902. The first-order valence-corrected chi connectivity index (χ1v) is 7.33. The van der Waals surface area contributed by atoms with Crippen LogP contribution in [0.15, 0.2) is 17.8 Å². The summed E-state index contributed by atoms with van der Waals surface area (Å²) in [5, 5.41) is 11.9. The number of carbonyl (C=O) groups is 1. The number of imidazole rings is 1. The van der Waals surface area contributed by atoms with Crippen molar-refractivity contribution < 1.29 is 9.90 Å². The van der Waals surface area contributed by atoms with Gasteiger partial charge in [0.2, 0.25) is 5.91 Å². The number of aliphatic hydroxyl groups is 1. The maximum absolute atomic E-state index is 12.2. The van der Waals surface area contributed by atoms with Gasteiger partial charge in [-0.2, -0.15) is 0 Å². The number of piperidine rings is 1. The Balaban J connectivity index is 1.64. The summed E-state index contributed by atoms with van der Waals surface area (Å²) in [7, 11) is 0. The molecule has 0 saturated carbocycles. The van der Waals surface area contributed by atoms with Gasteiger partial charge in [-0.3, -0.25) is 9.20 Å². The van der Waals surface area contributed by atoms with Crippen molar-refractivity contribution in [3.63, 3.8) is 0 Å². The number of hydrogen-bond acceptors (Lipinski definition) is 4. The standard InChI is InChI=1S/C13H17N3O2S/c1-13(18)2-4-15(5-3-13)11(17)8-10-9-16-6-7-19-12(16)14-10/h6-7,9,18H,2-5,8H2,1H3. The van der Waals surface area contributed by atoms with Gasteiger partial charge in [-0.25, -0.2) is 4.98 Å². The molecule has 0 unspecified atom stereocenters. The third kappa shape index (κ3) is 2.64. The lowest BCUT2D eigenvalue weighted by atomic mass is 9.94. The summed E-state index contributed by atoms with van der Waals surface area (Å²) in [6.45, 7) is 3.10. The van der Waals surface area contributed by atoms with Crippen molar-refractivity contribution in [3.8, 4) is 0 Å². The zero-order valence-electron chi connectivity index (χ0n) is 10.9. The van der Waals surface area contributed by atoms with Gasteiger partial charge in [0.1, 0.15) is 0 Å². The fourth-order valence-electron chi connectivity index (χ4n) is 2.37. The highest BCUT2D eigenvalue weighted by Gasteiger charge is 2.29. The van der Waals surface area contributed by atoms with Crippen LogP contribution in [0.5, 0.6) is 0 Å². The number of nitrogens with zero attached hydrogens (tertiary/aromatic N) is 3. The molecule has 1 N–H and O–H groups in total. The van der Waals surface area contributed by atoms with Gasteiger partial charge in [-0.05, 0) is 19.8 Å². The minimum Gasteiger partial charge on any atom is -0.390 e. The minimum atomic E-state index is -0.617. The first-order valence-electron chi connectivity index (χ1n) is 6.45. The summed E-state index contributed by atoms with van der Waals surface area (Å²) >= 11 is 1.56. The Morgan fingerprint density at radius 1 is 1.53 bits per heavy atom. The molecule has 0 spiro atoms. The first-order chi connectivity index (χ1) is 9.03. The van der Waals surface area contributed by atoms with Gasteiger partial charge >= 0.3 is 0 Å². The van der Waals surface area contributed by atoms with E-state index < -0.39 is 5.60 Å². The van der Waals surface area contributed by atoms with E-state index in [1.807, 2.05) is 34.0 Å². The van der Waals surface area contributed by atoms with Crippen molar-refractivity contribution in [3.05, 3.63) is 23.5 Å². The lowest BCUT2D eigenvalue weighted by Crippen LogP contribution is -2.45. The van der Waals surface area contributed by atoms with E-state index in [9.17, 15) is 9.90 Å². The van der Waals surface area contributed by atoms with E-state index in [0.717, 1.165) is 10.7 Å². The van der Waals surface area contributed by atoms with Gasteiger partial charge in [0.05, 0.1) is 17.7 Å².